The number of hydrogen-bond acceptors (Lipinski definition) is 4. The van der Waals surface area contributed by atoms with Gasteiger partial charge in [0.2, 0.25) is 0 Å². The third kappa shape index (κ3) is 1.51. The van der Waals surface area contributed by atoms with Crippen LogP contribution >= 0.6 is 11.3 Å². The molecule has 1 aromatic heterocycles. The molecule has 2 rings (SSSR count). The van der Waals surface area contributed by atoms with Crippen molar-refractivity contribution < 1.29 is 8.42 Å². The first-order chi connectivity index (χ1) is 5.67. The molecule has 66 valence electrons. The summed E-state index contributed by atoms with van der Waals surface area (Å²) in [5, 5.41) is 2.86. The number of nitrogens with zero attached hydrogens (tertiary/aromatic N) is 1. The van der Waals surface area contributed by atoms with Crippen molar-refractivity contribution in [2.75, 3.05) is 11.5 Å². The second-order valence-corrected chi connectivity index (χ2v) is 6.13. The van der Waals surface area contributed by atoms with E-state index in [1.165, 1.54) is 0 Å². The summed E-state index contributed by atoms with van der Waals surface area (Å²) < 4.78 is 22.2. The summed E-state index contributed by atoms with van der Waals surface area (Å²) in [6.07, 6.45) is 2.47. The number of sulfone groups is 1. The molecule has 1 aliphatic rings. The Morgan fingerprint density at radius 3 is 2.92 bits per heavy atom. The molecule has 1 atom stereocenters. The summed E-state index contributed by atoms with van der Waals surface area (Å²) in [7, 11) is -2.75. The molecule has 0 saturated carbocycles. The van der Waals surface area contributed by atoms with Gasteiger partial charge in [-0.1, -0.05) is 0 Å². The smallest absolute Gasteiger partial charge is 0.151 e. The molecule has 0 bridgehead atoms. The SMILES string of the molecule is O=S1(=O)CCC(c2nccs2)C1. The Bertz CT molecular complexity index is 355. The molecule has 1 saturated heterocycles. The third-order valence-electron chi connectivity index (χ3n) is 2.03. The maximum absolute atomic E-state index is 11.1. The van der Waals surface area contributed by atoms with Crippen LogP contribution in [0.2, 0.25) is 0 Å². The molecule has 1 aliphatic heterocycles. The van der Waals surface area contributed by atoms with E-state index in [1.54, 1.807) is 17.5 Å². The van der Waals surface area contributed by atoms with Gasteiger partial charge in [0.15, 0.2) is 9.84 Å². The summed E-state index contributed by atoms with van der Waals surface area (Å²) in [6, 6.07) is 0. The summed E-state index contributed by atoms with van der Waals surface area (Å²) in [4.78, 5) is 4.12. The van der Waals surface area contributed by atoms with E-state index >= 15 is 0 Å². The third-order valence-corrected chi connectivity index (χ3v) is 4.74. The predicted octanol–water partition coefficient (Wildman–Crippen LogP) is 1.05. The van der Waals surface area contributed by atoms with Crippen LogP contribution in [0.15, 0.2) is 11.6 Å². The second kappa shape index (κ2) is 2.81. The van der Waals surface area contributed by atoms with Crippen LogP contribution in [0.4, 0.5) is 0 Å². The molecular weight excluding hydrogens is 194 g/mol. The molecule has 0 aromatic carbocycles. The molecule has 0 aliphatic carbocycles. The first-order valence-corrected chi connectivity index (χ1v) is 6.47. The highest BCUT2D eigenvalue weighted by Gasteiger charge is 2.30. The van der Waals surface area contributed by atoms with Gasteiger partial charge in [0, 0.05) is 17.5 Å². The van der Waals surface area contributed by atoms with Crippen molar-refractivity contribution in [3.63, 3.8) is 0 Å². The molecule has 3 nitrogen and oxygen atoms in total. The van der Waals surface area contributed by atoms with E-state index in [1.807, 2.05) is 5.38 Å². The standard InChI is InChI=1S/C7H9NO2S2/c9-12(10)4-1-6(5-12)7-8-2-3-11-7/h2-3,6H,1,4-5H2. The van der Waals surface area contributed by atoms with Crippen LogP contribution in [-0.4, -0.2) is 24.9 Å². The predicted molar refractivity (Wildman–Crippen MR) is 48.1 cm³/mol. The normalized spacial score (nSPS) is 27.5. The Hall–Kier alpha value is -0.420. The van der Waals surface area contributed by atoms with Crippen molar-refractivity contribution in [2.24, 2.45) is 0 Å². The van der Waals surface area contributed by atoms with Crippen molar-refractivity contribution in [1.82, 2.24) is 4.98 Å². The lowest BCUT2D eigenvalue weighted by Gasteiger charge is -1.99. The minimum Gasteiger partial charge on any atom is -0.249 e. The molecule has 0 radical (unpaired) electrons. The van der Waals surface area contributed by atoms with Crippen molar-refractivity contribution in [1.29, 1.82) is 0 Å². The molecule has 0 spiro atoms. The highest BCUT2D eigenvalue weighted by molar-refractivity contribution is 7.91. The Balaban J connectivity index is 2.21. The van der Waals surface area contributed by atoms with E-state index < -0.39 is 9.84 Å². The van der Waals surface area contributed by atoms with Crippen LogP contribution < -0.4 is 0 Å². The van der Waals surface area contributed by atoms with Crippen molar-refractivity contribution >= 4 is 21.2 Å². The van der Waals surface area contributed by atoms with E-state index in [2.05, 4.69) is 4.98 Å². The highest BCUT2D eigenvalue weighted by Crippen LogP contribution is 2.29. The molecule has 1 unspecified atom stereocenters. The molecule has 2 heterocycles. The summed E-state index contributed by atoms with van der Waals surface area (Å²) in [5.41, 5.74) is 0. The monoisotopic (exact) mass is 203 g/mol. The largest absolute Gasteiger partial charge is 0.249 e. The quantitative estimate of drug-likeness (QED) is 0.685. The summed E-state index contributed by atoms with van der Waals surface area (Å²) >= 11 is 1.55. The van der Waals surface area contributed by atoms with Gasteiger partial charge in [-0.05, 0) is 6.42 Å². The minimum atomic E-state index is -2.75. The Labute approximate surface area is 75.4 Å². The van der Waals surface area contributed by atoms with Gasteiger partial charge in [0.1, 0.15) is 0 Å². The van der Waals surface area contributed by atoms with Gasteiger partial charge in [-0.3, -0.25) is 0 Å². The van der Waals surface area contributed by atoms with E-state index in [-0.39, 0.29) is 5.92 Å². The number of rotatable bonds is 1. The van der Waals surface area contributed by atoms with Crippen LogP contribution in [0.25, 0.3) is 0 Å². The number of thiazole rings is 1. The number of aromatic nitrogens is 1. The lowest BCUT2D eigenvalue weighted by Crippen LogP contribution is -2.03. The molecule has 0 N–H and O–H groups in total. The van der Waals surface area contributed by atoms with Gasteiger partial charge in [0.05, 0.1) is 16.5 Å². The second-order valence-electron chi connectivity index (χ2n) is 2.97. The van der Waals surface area contributed by atoms with E-state index in [9.17, 15) is 8.42 Å². The zero-order valence-corrected chi connectivity index (χ0v) is 8.07. The fourth-order valence-corrected chi connectivity index (χ4v) is 4.06. The minimum absolute atomic E-state index is 0.162. The van der Waals surface area contributed by atoms with Crippen LogP contribution in [0.3, 0.4) is 0 Å². The molecule has 1 fully saturated rings. The molecule has 5 heteroatoms. The Kier molecular flexibility index (Phi) is 1.92. The van der Waals surface area contributed by atoms with Crippen molar-refractivity contribution in [3.05, 3.63) is 16.6 Å². The lowest BCUT2D eigenvalue weighted by atomic mass is 10.1. The zero-order valence-electron chi connectivity index (χ0n) is 6.43. The van der Waals surface area contributed by atoms with Gasteiger partial charge < -0.3 is 0 Å². The molecule has 1 aromatic rings. The van der Waals surface area contributed by atoms with Gasteiger partial charge in [-0.25, -0.2) is 13.4 Å². The Morgan fingerprint density at radius 2 is 2.42 bits per heavy atom. The maximum atomic E-state index is 11.1. The number of hydrogen-bond donors (Lipinski definition) is 0. The zero-order chi connectivity index (χ0) is 8.60. The summed E-state index contributed by atoms with van der Waals surface area (Å²) in [5.74, 6) is 0.785. The van der Waals surface area contributed by atoms with Crippen molar-refractivity contribution in [3.8, 4) is 0 Å². The Morgan fingerprint density at radius 1 is 1.58 bits per heavy atom. The summed E-state index contributed by atoms with van der Waals surface area (Å²) in [6.45, 7) is 0. The van der Waals surface area contributed by atoms with Crippen LogP contribution in [0.5, 0.6) is 0 Å². The van der Waals surface area contributed by atoms with Crippen LogP contribution in [0.1, 0.15) is 17.3 Å². The average Bonchev–Trinajstić information content (AvgIpc) is 2.55. The van der Waals surface area contributed by atoms with E-state index in [4.69, 9.17) is 0 Å². The molecule has 0 amide bonds. The van der Waals surface area contributed by atoms with Gasteiger partial charge in [-0.2, -0.15) is 0 Å². The molecule has 12 heavy (non-hydrogen) atoms. The van der Waals surface area contributed by atoms with Gasteiger partial charge in [0.25, 0.3) is 0 Å². The maximum Gasteiger partial charge on any atom is 0.151 e. The highest BCUT2D eigenvalue weighted by atomic mass is 32.2. The van der Waals surface area contributed by atoms with E-state index in [0.717, 1.165) is 11.4 Å². The van der Waals surface area contributed by atoms with Crippen molar-refractivity contribution in [2.45, 2.75) is 12.3 Å². The molecular formula is C7H9NO2S2. The topological polar surface area (TPSA) is 47.0 Å². The first-order valence-electron chi connectivity index (χ1n) is 3.77. The van der Waals surface area contributed by atoms with Gasteiger partial charge >= 0.3 is 0 Å². The fourth-order valence-electron chi connectivity index (χ4n) is 1.43. The first kappa shape index (κ1) is 8.19. The van der Waals surface area contributed by atoms with Crippen LogP contribution in [-0.2, 0) is 9.84 Å². The van der Waals surface area contributed by atoms with Crippen LogP contribution in [0, 0.1) is 0 Å². The fraction of sp³-hybridized carbons (Fsp3) is 0.571. The van der Waals surface area contributed by atoms with Gasteiger partial charge in [-0.15, -0.1) is 11.3 Å². The lowest BCUT2D eigenvalue weighted by molar-refractivity contribution is 0.601. The van der Waals surface area contributed by atoms with E-state index in [0.29, 0.717) is 11.5 Å². The average molecular weight is 203 g/mol.